The van der Waals surface area contributed by atoms with E-state index in [1.54, 1.807) is 6.92 Å². The molecule has 8 heavy (non-hydrogen) atoms. The van der Waals surface area contributed by atoms with E-state index in [0.717, 1.165) is 5.57 Å². The molecule has 0 nitrogen and oxygen atoms in total. The molecule has 0 aliphatic carbocycles. The fourth-order valence-electron chi connectivity index (χ4n) is 0.562. The van der Waals surface area contributed by atoms with Crippen LogP contribution in [-0.2, 0) is 0 Å². The van der Waals surface area contributed by atoms with Gasteiger partial charge in [-0.15, -0.1) is 0 Å². The molecule has 1 heteroatoms. The lowest BCUT2D eigenvalue weighted by Gasteiger charge is -1.98. The maximum atomic E-state index is 12.1. The number of alkyl halides is 1. The molecule has 0 aliphatic heterocycles. The van der Waals surface area contributed by atoms with Gasteiger partial charge in [0.05, 0.1) is 0 Å². The molecule has 0 aromatic carbocycles. The van der Waals surface area contributed by atoms with Gasteiger partial charge in [0.2, 0.25) is 0 Å². The minimum absolute atomic E-state index is 0.580. The molecular formula is C7H13F. The van der Waals surface area contributed by atoms with Gasteiger partial charge in [-0.05, 0) is 27.2 Å². The van der Waals surface area contributed by atoms with Crippen molar-refractivity contribution in [3.63, 3.8) is 0 Å². The molecule has 0 radical (unpaired) electrons. The number of rotatable bonds is 2. The van der Waals surface area contributed by atoms with E-state index < -0.39 is 6.17 Å². The van der Waals surface area contributed by atoms with E-state index in [-0.39, 0.29) is 0 Å². The van der Waals surface area contributed by atoms with Gasteiger partial charge in [0.15, 0.2) is 0 Å². The van der Waals surface area contributed by atoms with Crippen LogP contribution in [0.25, 0.3) is 0 Å². The number of hydrogen-bond acceptors (Lipinski definition) is 0. The van der Waals surface area contributed by atoms with Gasteiger partial charge in [0.25, 0.3) is 0 Å². The van der Waals surface area contributed by atoms with Crippen molar-refractivity contribution in [2.75, 3.05) is 0 Å². The Kier molecular flexibility index (Phi) is 3.49. The Morgan fingerprint density at radius 1 is 1.75 bits per heavy atom. The molecule has 0 aliphatic rings. The van der Waals surface area contributed by atoms with Gasteiger partial charge in [-0.25, -0.2) is 4.39 Å². The summed E-state index contributed by atoms with van der Waals surface area (Å²) in [5.41, 5.74) is 1.13. The number of allylic oxidation sites excluding steroid dienone is 2. The van der Waals surface area contributed by atoms with E-state index in [1.807, 2.05) is 19.9 Å². The Bertz CT molecular complexity index is 82.4. The van der Waals surface area contributed by atoms with Crippen LogP contribution in [0, 0.1) is 0 Å². The predicted molar refractivity (Wildman–Crippen MR) is 34.6 cm³/mol. The summed E-state index contributed by atoms with van der Waals surface area (Å²) >= 11 is 0. The van der Waals surface area contributed by atoms with E-state index >= 15 is 0 Å². The van der Waals surface area contributed by atoms with Crippen molar-refractivity contribution in [2.45, 2.75) is 33.4 Å². The molecule has 1 unspecified atom stereocenters. The van der Waals surface area contributed by atoms with Gasteiger partial charge in [-0.1, -0.05) is 11.6 Å². The van der Waals surface area contributed by atoms with Crippen LogP contribution in [0.1, 0.15) is 27.2 Å². The highest BCUT2D eigenvalue weighted by Crippen LogP contribution is 2.05. The number of halogens is 1. The van der Waals surface area contributed by atoms with E-state index in [2.05, 4.69) is 0 Å². The summed E-state index contributed by atoms with van der Waals surface area (Å²) in [4.78, 5) is 0. The van der Waals surface area contributed by atoms with Crippen LogP contribution in [0.3, 0.4) is 0 Å². The molecule has 0 spiro atoms. The molecule has 0 bridgehead atoms. The summed E-state index contributed by atoms with van der Waals surface area (Å²) < 4.78 is 12.1. The summed E-state index contributed by atoms with van der Waals surface area (Å²) in [6.45, 7) is 5.45. The molecule has 0 rings (SSSR count). The monoisotopic (exact) mass is 116 g/mol. The maximum Gasteiger partial charge on any atom is 0.101 e. The molecule has 0 aromatic rings. The van der Waals surface area contributed by atoms with Gasteiger partial charge in [0, 0.05) is 0 Å². The van der Waals surface area contributed by atoms with Crippen LogP contribution in [0.15, 0.2) is 11.6 Å². The zero-order valence-electron chi connectivity index (χ0n) is 5.74. The molecule has 0 heterocycles. The summed E-state index contributed by atoms with van der Waals surface area (Å²) in [6.07, 6.45) is 1.83. The SMILES string of the molecule is CC=C(C)CC(C)F. The van der Waals surface area contributed by atoms with Gasteiger partial charge in [-0.3, -0.25) is 0 Å². The fourth-order valence-corrected chi connectivity index (χ4v) is 0.562. The normalized spacial score (nSPS) is 16.2. The van der Waals surface area contributed by atoms with Crippen LogP contribution in [-0.4, -0.2) is 6.17 Å². The summed E-state index contributed by atoms with van der Waals surface area (Å²) in [5.74, 6) is 0. The molecule has 0 fully saturated rings. The summed E-state index contributed by atoms with van der Waals surface area (Å²) in [5, 5.41) is 0. The minimum Gasteiger partial charge on any atom is -0.247 e. The average Bonchev–Trinajstić information content (AvgIpc) is 1.65. The van der Waals surface area contributed by atoms with E-state index in [4.69, 9.17) is 0 Å². The minimum atomic E-state index is -0.689. The van der Waals surface area contributed by atoms with Crippen molar-refractivity contribution in [1.29, 1.82) is 0 Å². The summed E-state index contributed by atoms with van der Waals surface area (Å²) in [7, 11) is 0. The molecular weight excluding hydrogens is 103 g/mol. The summed E-state index contributed by atoms with van der Waals surface area (Å²) in [6, 6.07) is 0. The molecule has 1 atom stereocenters. The van der Waals surface area contributed by atoms with Crippen LogP contribution in [0.2, 0.25) is 0 Å². The Morgan fingerprint density at radius 3 is 2.38 bits per heavy atom. The van der Waals surface area contributed by atoms with Crippen molar-refractivity contribution < 1.29 is 4.39 Å². The third-order valence-electron chi connectivity index (χ3n) is 1.10. The Morgan fingerprint density at radius 2 is 2.25 bits per heavy atom. The Balaban J connectivity index is 3.39. The smallest absolute Gasteiger partial charge is 0.101 e. The van der Waals surface area contributed by atoms with E-state index in [9.17, 15) is 4.39 Å². The third-order valence-corrected chi connectivity index (χ3v) is 1.10. The lowest BCUT2D eigenvalue weighted by Crippen LogP contribution is -1.91. The van der Waals surface area contributed by atoms with Crippen LogP contribution < -0.4 is 0 Å². The van der Waals surface area contributed by atoms with Gasteiger partial charge in [0.1, 0.15) is 6.17 Å². The second-order valence-electron chi connectivity index (χ2n) is 2.12. The standard InChI is InChI=1S/C7H13F/c1-4-6(2)5-7(3)8/h4,7H,5H2,1-3H3. The van der Waals surface area contributed by atoms with Crippen molar-refractivity contribution in [3.8, 4) is 0 Å². The molecule has 0 amide bonds. The zero-order valence-corrected chi connectivity index (χ0v) is 5.74. The van der Waals surface area contributed by atoms with Crippen molar-refractivity contribution in [3.05, 3.63) is 11.6 Å². The number of hydrogen-bond donors (Lipinski definition) is 0. The molecule has 48 valence electrons. The highest BCUT2D eigenvalue weighted by atomic mass is 19.1. The van der Waals surface area contributed by atoms with Crippen molar-refractivity contribution in [1.82, 2.24) is 0 Å². The first-order chi connectivity index (χ1) is 3.66. The average molecular weight is 116 g/mol. The van der Waals surface area contributed by atoms with E-state index in [1.165, 1.54) is 0 Å². The third kappa shape index (κ3) is 3.85. The molecule has 0 aromatic heterocycles. The Labute approximate surface area is 50.4 Å². The molecule has 0 saturated carbocycles. The van der Waals surface area contributed by atoms with Gasteiger partial charge < -0.3 is 0 Å². The lowest BCUT2D eigenvalue weighted by atomic mass is 10.1. The second-order valence-corrected chi connectivity index (χ2v) is 2.12. The molecule has 0 saturated heterocycles. The highest BCUT2D eigenvalue weighted by molar-refractivity contribution is 4.96. The van der Waals surface area contributed by atoms with E-state index in [0.29, 0.717) is 6.42 Å². The van der Waals surface area contributed by atoms with Crippen LogP contribution in [0.5, 0.6) is 0 Å². The quantitative estimate of drug-likeness (QED) is 0.486. The van der Waals surface area contributed by atoms with Crippen molar-refractivity contribution in [2.24, 2.45) is 0 Å². The molecule has 0 N–H and O–H groups in total. The first-order valence-corrected chi connectivity index (χ1v) is 2.92. The van der Waals surface area contributed by atoms with Crippen LogP contribution >= 0.6 is 0 Å². The second kappa shape index (κ2) is 3.65. The first-order valence-electron chi connectivity index (χ1n) is 2.92. The highest BCUT2D eigenvalue weighted by Gasteiger charge is 1.96. The van der Waals surface area contributed by atoms with Gasteiger partial charge >= 0.3 is 0 Å². The largest absolute Gasteiger partial charge is 0.247 e. The first kappa shape index (κ1) is 7.67. The van der Waals surface area contributed by atoms with Crippen LogP contribution in [0.4, 0.5) is 4.39 Å². The van der Waals surface area contributed by atoms with Gasteiger partial charge in [-0.2, -0.15) is 0 Å². The fraction of sp³-hybridized carbons (Fsp3) is 0.714. The Hall–Kier alpha value is -0.330. The lowest BCUT2D eigenvalue weighted by molar-refractivity contribution is 0.359. The maximum absolute atomic E-state index is 12.1. The topological polar surface area (TPSA) is 0 Å². The predicted octanol–water partition coefficient (Wildman–Crippen LogP) is 2.70. The van der Waals surface area contributed by atoms with Crippen molar-refractivity contribution >= 4 is 0 Å². The zero-order chi connectivity index (χ0) is 6.57.